The fourth-order valence-corrected chi connectivity index (χ4v) is 4.08. The van der Waals surface area contributed by atoms with E-state index in [9.17, 15) is 0 Å². The number of para-hydroxylation sites is 1. The summed E-state index contributed by atoms with van der Waals surface area (Å²) in [7, 11) is 0. The molecule has 4 nitrogen and oxygen atoms in total. The molecule has 2 aliphatic rings. The lowest BCUT2D eigenvalue weighted by Crippen LogP contribution is -2.33. The van der Waals surface area contributed by atoms with Crippen LogP contribution < -0.4 is 9.47 Å². The predicted molar refractivity (Wildman–Crippen MR) is 119 cm³/mol. The molecule has 0 saturated heterocycles. The number of ether oxygens (including phenoxy) is 2. The fourth-order valence-electron chi connectivity index (χ4n) is 3.95. The Morgan fingerprint density at radius 2 is 1.83 bits per heavy atom. The molecule has 3 aromatic rings. The molecule has 0 aliphatic carbocycles. The van der Waals surface area contributed by atoms with E-state index in [-0.39, 0.29) is 12.3 Å². The molecule has 2 unspecified atom stereocenters. The van der Waals surface area contributed by atoms with E-state index in [4.69, 9.17) is 26.2 Å². The van der Waals surface area contributed by atoms with E-state index < -0.39 is 0 Å². The van der Waals surface area contributed by atoms with E-state index in [1.807, 2.05) is 54.6 Å². The van der Waals surface area contributed by atoms with Crippen molar-refractivity contribution < 1.29 is 9.47 Å². The van der Waals surface area contributed by atoms with Crippen LogP contribution in [0.15, 0.2) is 90.6 Å². The zero-order valence-electron chi connectivity index (χ0n) is 16.4. The number of benzene rings is 3. The van der Waals surface area contributed by atoms with E-state index in [0.717, 1.165) is 40.3 Å². The van der Waals surface area contributed by atoms with Gasteiger partial charge < -0.3 is 9.47 Å². The molecule has 0 fully saturated rings. The van der Waals surface area contributed by atoms with E-state index in [1.165, 1.54) is 0 Å². The Bertz CT molecular complexity index is 1090. The molecule has 30 heavy (non-hydrogen) atoms. The van der Waals surface area contributed by atoms with Gasteiger partial charge in [-0.2, -0.15) is 5.10 Å². The third kappa shape index (κ3) is 3.44. The Kier molecular flexibility index (Phi) is 4.93. The number of fused-ring (bicyclic) bond motifs is 3. The maximum Gasteiger partial charge on any atom is 0.213 e. The fraction of sp³-hybridized carbons (Fsp3) is 0.160. The van der Waals surface area contributed by atoms with E-state index in [2.05, 4.69) is 29.8 Å². The molecule has 0 saturated carbocycles. The Morgan fingerprint density at radius 3 is 2.60 bits per heavy atom. The van der Waals surface area contributed by atoms with Gasteiger partial charge in [-0.1, -0.05) is 54.6 Å². The molecule has 0 spiro atoms. The molecule has 3 aromatic carbocycles. The quantitative estimate of drug-likeness (QED) is 0.468. The Labute approximate surface area is 181 Å². The molecule has 2 aliphatic heterocycles. The van der Waals surface area contributed by atoms with Gasteiger partial charge in [0.2, 0.25) is 6.23 Å². The summed E-state index contributed by atoms with van der Waals surface area (Å²) in [5.74, 6) is 1.73. The van der Waals surface area contributed by atoms with Crippen LogP contribution in [0.3, 0.4) is 0 Å². The minimum Gasteiger partial charge on any atom is -0.490 e. The first-order chi connectivity index (χ1) is 14.7. The van der Waals surface area contributed by atoms with Crippen molar-refractivity contribution in [1.29, 1.82) is 0 Å². The number of nitrogens with zero attached hydrogens (tertiary/aromatic N) is 2. The van der Waals surface area contributed by atoms with E-state index in [1.54, 1.807) is 6.08 Å². The number of hydrogen-bond acceptors (Lipinski definition) is 4. The van der Waals surface area contributed by atoms with Crippen molar-refractivity contribution in [2.24, 2.45) is 5.10 Å². The number of hydrazone groups is 1. The maximum atomic E-state index is 6.37. The Morgan fingerprint density at radius 1 is 1.07 bits per heavy atom. The summed E-state index contributed by atoms with van der Waals surface area (Å²) in [6.45, 7) is 4.18. The zero-order valence-corrected chi connectivity index (χ0v) is 17.1. The van der Waals surface area contributed by atoms with Gasteiger partial charge >= 0.3 is 0 Å². The van der Waals surface area contributed by atoms with Gasteiger partial charge in [0, 0.05) is 22.6 Å². The van der Waals surface area contributed by atoms with Crippen molar-refractivity contribution in [3.8, 4) is 11.5 Å². The molecule has 0 amide bonds. The summed E-state index contributed by atoms with van der Waals surface area (Å²) >= 11 is 6.09. The standard InChI is InChI=1S/C25H21ClN2O2/c1-2-15-29-20-13-9-17(10-14-20)22-16-23-21-5-3-4-6-24(21)30-25(28(23)27-22)18-7-11-19(26)12-8-18/h2-14,23,25H,1,15-16H2. The molecule has 2 heterocycles. The highest BCUT2D eigenvalue weighted by Crippen LogP contribution is 2.47. The highest BCUT2D eigenvalue weighted by Gasteiger charge is 2.40. The van der Waals surface area contributed by atoms with Crippen LogP contribution in [0.5, 0.6) is 11.5 Å². The van der Waals surface area contributed by atoms with Crippen molar-refractivity contribution in [2.45, 2.75) is 18.7 Å². The molecule has 5 heteroatoms. The van der Waals surface area contributed by atoms with Gasteiger partial charge in [-0.3, -0.25) is 0 Å². The maximum absolute atomic E-state index is 6.37. The molecule has 0 bridgehead atoms. The van der Waals surface area contributed by atoms with Gasteiger partial charge in [-0.05, 0) is 48.0 Å². The molecule has 5 rings (SSSR count). The largest absolute Gasteiger partial charge is 0.490 e. The zero-order chi connectivity index (χ0) is 20.5. The van der Waals surface area contributed by atoms with Crippen molar-refractivity contribution in [2.75, 3.05) is 6.61 Å². The van der Waals surface area contributed by atoms with Crippen LogP contribution in [-0.4, -0.2) is 17.3 Å². The minimum absolute atomic E-state index is 0.127. The van der Waals surface area contributed by atoms with Crippen molar-refractivity contribution in [3.63, 3.8) is 0 Å². The van der Waals surface area contributed by atoms with Gasteiger partial charge in [0.15, 0.2) is 0 Å². The van der Waals surface area contributed by atoms with Gasteiger partial charge in [0.1, 0.15) is 18.1 Å². The molecule has 0 aromatic heterocycles. The summed E-state index contributed by atoms with van der Waals surface area (Å²) in [6.07, 6.45) is 2.26. The topological polar surface area (TPSA) is 34.1 Å². The van der Waals surface area contributed by atoms with Crippen LogP contribution in [0, 0.1) is 0 Å². The van der Waals surface area contributed by atoms with Crippen LogP contribution >= 0.6 is 11.6 Å². The van der Waals surface area contributed by atoms with Gasteiger partial charge in [-0.15, -0.1) is 0 Å². The summed E-state index contributed by atoms with van der Waals surface area (Å²) < 4.78 is 12.0. The van der Waals surface area contributed by atoms with Crippen LogP contribution in [-0.2, 0) is 0 Å². The number of hydrogen-bond donors (Lipinski definition) is 0. The molecule has 0 radical (unpaired) electrons. The summed E-state index contributed by atoms with van der Waals surface area (Å²) in [4.78, 5) is 0. The van der Waals surface area contributed by atoms with Gasteiger partial charge in [-0.25, -0.2) is 5.01 Å². The van der Waals surface area contributed by atoms with Crippen molar-refractivity contribution >= 4 is 17.3 Å². The van der Waals surface area contributed by atoms with Crippen LogP contribution in [0.25, 0.3) is 0 Å². The SMILES string of the molecule is C=CCOc1ccc(C2=NN3C(C2)c2ccccc2OC3c2ccc(Cl)cc2)cc1. The average molecular weight is 417 g/mol. The van der Waals surface area contributed by atoms with E-state index >= 15 is 0 Å². The summed E-state index contributed by atoms with van der Waals surface area (Å²) in [5.41, 5.74) is 4.31. The lowest BCUT2D eigenvalue weighted by molar-refractivity contribution is -0.0190. The monoisotopic (exact) mass is 416 g/mol. The number of halogens is 1. The first kappa shape index (κ1) is 18.8. The molecule has 150 valence electrons. The minimum atomic E-state index is -0.296. The predicted octanol–water partition coefficient (Wildman–Crippen LogP) is 6.15. The number of rotatable bonds is 5. The Hall–Kier alpha value is -3.24. The second-order valence-electron chi connectivity index (χ2n) is 7.33. The third-order valence-corrected chi connectivity index (χ3v) is 5.66. The Balaban J connectivity index is 1.49. The smallest absolute Gasteiger partial charge is 0.213 e. The lowest BCUT2D eigenvalue weighted by Gasteiger charge is -2.38. The second kappa shape index (κ2) is 7.88. The average Bonchev–Trinajstić information content (AvgIpc) is 3.24. The van der Waals surface area contributed by atoms with Crippen LogP contribution in [0.2, 0.25) is 5.02 Å². The molecular weight excluding hydrogens is 396 g/mol. The summed E-state index contributed by atoms with van der Waals surface area (Å²) in [5, 5.41) is 7.76. The van der Waals surface area contributed by atoms with Crippen molar-refractivity contribution in [3.05, 3.63) is 107 Å². The first-order valence-electron chi connectivity index (χ1n) is 9.94. The van der Waals surface area contributed by atoms with Crippen LogP contribution in [0.4, 0.5) is 0 Å². The first-order valence-corrected chi connectivity index (χ1v) is 10.3. The normalized spacial score (nSPS) is 19.4. The van der Waals surface area contributed by atoms with E-state index in [0.29, 0.717) is 11.6 Å². The molecule has 0 N–H and O–H groups in total. The second-order valence-corrected chi connectivity index (χ2v) is 7.77. The van der Waals surface area contributed by atoms with Crippen molar-refractivity contribution in [1.82, 2.24) is 5.01 Å². The highest BCUT2D eigenvalue weighted by atomic mass is 35.5. The van der Waals surface area contributed by atoms with Gasteiger partial charge in [0.25, 0.3) is 0 Å². The summed E-state index contributed by atoms with van der Waals surface area (Å²) in [6, 6.07) is 24.2. The molecular formula is C25H21ClN2O2. The van der Waals surface area contributed by atoms with Gasteiger partial charge in [0.05, 0.1) is 11.8 Å². The highest BCUT2D eigenvalue weighted by molar-refractivity contribution is 6.30. The van der Waals surface area contributed by atoms with Crippen LogP contribution in [0.1, 0.15) is 35.4 Å². The molecule has 2 atom stereocenters. The third-order valence-electron chi connectivity index (χ3n) is 5.41. The lowest BCUT2D eigenvalue weighted by atomic mass is 9.96.